The Morgan fingerprint density at radius 3 is 2.12 bits per heavy atom. The van der Waals surface area contributed by atoms with E-state index in [0.29, 0.717) is 5.69 Å². The van der Waals surface area contributed by atoms with Crippen molar-refractivity contribution in [2.24, 2.45) is 0 Å². The van der Waals surface area contributed by atoms with Gasteiger partial charge in [-0.05, 0) is 69.3 Å². The summed E-state index contributed by atoms with van der Waals surface area (Å²) in [7, 11) is -4.29. The molecular formula is C22H25FN2O8S. The summed E-state index contributed by atoms with van der Waals surface area (Å²) in [5, 5.41) is 12.3. The largest absolute Gasteiger partial charge is 0.459 e. The summed E-state index contributed by atoms with van der Waals surface area (Å²) < 4.78 is 49.7. The number of halogens is 1. The van der Waals surface area contributed by atoms with Crippen molar-refractivity contribution in [1.29, 1.82) is 0 Å². The maximum Gasteiger partial charge on any atom is 0.338 e. The van der Waals surface area contributed by atoms with E-state index in [-0.39, 0.29) is 16.6 Å². The number of carbonyl (C=O) groups excluding carboxylic acids is 3. The molecule has 0 aliphatic carbocycles. The normalized spacial score (nSPS) is 13.1. The van der Waals surface area contributed by atoms with Gasteiger partial charge < -0.3 is 19.9 Å². The van der Waals surface area contributed by atoms with Crippen LogP contribution in [0.15, 0.2) is 53.4 Å². The number of nitrogens with one attached hydrogen (secondary N) is 2. The molecule has 2 aromatic rings. The van der Waals surface area contributed by atoms with E-state index in [0.717, 1.165) is 31.2 Å². The van der Waals surface area contributed by atoms with E-state index in [4.69, 9.17) is 9.47 Å². The highest BCUT2D eigenvalue weighted by Gasteiger charge is 2.31. The molecule has 2 unspecified atom stereocenters. The fourth-order valence-electron chi connectivity index (χ4n) is 2.59. The molecular weight excluding hydrogens is 471 g/mol. The second-order valence-electron chi connectivity index (χ2n) is 7.48. The SMILES string of the molecule is CC(C)OC(=O)c1ccc(NC(=O)COC(=O)C(NS(=O)(=O)c2ccc(F)cc2)C(C)O)cc1. The summed E-state index contributed by atoms with van der Waals surface area (Å²) in [5.41, 5.74) is 0.595. The second kappa shape index (κ2) is 11.7. The maximum absolute atomic E-state index is 13.0. The molecule has 0 aromatic heterocycles. The zero-order valence-electron chi connectivity index (χ0n) is 18.6. The van der Waals surface area contributed by atoms with E-state index < -0.39 is 52.4 Å². The van der Waals surface area contributed by atoms with Crippen LogP contribution in [-0.2, 0) is 29.1 Å². The van der Waals surface area contributed by atoms with Crippen molar-refractivity contribution in [3.8, 4) is 0 Å². The molecule has 0 saturated carbocycles. The Morgan fingerprint density at radius 1 is 1.00 bits per heavy atom. The number of aliphatic hydroxyl groups excluding tert-OH is 1. The second-order valence-corrected chi connectivity index (χ2v) is 9.19. The number of esters is 2. The number of amides is 1. The Balaban J connectivity index is 1.95. The van der Waals surface area contributed by atoms with Crippen molar-refractivity contribution in [1.82, 2.24) is 4.72 Å². The van der Waals surface area contributed by atoms with Crippen LogP contribution in [-0.4, -0.2) is 56.2 Å². The van der Waals surface area contributed by atoms with Gasteiger partial charge in [-0.25, -0.2) is 17.6 Å². The highest BCUT2D eigenvalue weighted by Crippen LogP contribution is 2.13. The number of benzene rings is 2. The van der Waals surface area contributed by atoms with Crippen LogP contribution in [0.25, 0.3) is 0 Å². The fourth-order valence-corrected chi connectivity index (χ4v) is 3.85. The van der Waals surface area contributed by atoms with Gasteiger partial charge in [-0.3, -0.25) is 9.59 Å². The third-order valence-corrected chi connectivity index (χ3v) is 5.69. The first-order chi connectivity index (χ1) is 15.9. The molecule has 2 rings (SSSR count). The quantitative estimate of drug-likeness (QED) is 0.420. The van der Waals surface area contributed by atoms with Gasteiger partial charge in [-0.1, -0.05) is 0 Å². The topological polar surface area (TPSA) is 148 Å². The molecule has 0 radical (unpaired) electrons. The van der Waals surface area contributed by atoms with Crippen molar-refractivity contribution in [3.63, 3.8) is 0 Å². The molecule has 34 heavy (non-hydrogen) atoms. The average molecular weight is 497 g/mol. The van der Waals surface area contributed by atoms with Crippen molar-refractivity contribution >= 4 is 33.6 Å². The summed E-state index contributed by atoms with van der Waals surface area (Å²) in [5.74, 6) is -3.10. The van der Waals surface area contributed by atoms with E-state index in [1.54, 1.807) is 13.8 Å². The number of hydrogen-bond acceptors (Lipinski definition) is 8. The number of rotatable bonds is 10. The number of carbonyl (C=O) groups is 3. The predicted octanol–water partition coefficient (Wildman–Crippen LogP) is 1.60. The summed E-state index contributed by atoms with van der Waals surface area (Å²) in [6.07, 6.45) is -1.78. The van der Waals surface area contributed by atoms with E-state index in [1.165, 1.54) is 24.3 Å². The minimum atomic E-state index is -4.29. The average Bonchev–Trinajstić information content (AvgIpc) is 2.76. The van der Waals surface area contributed by atoms with Gasteiger partial charge in [0.25, 0.3) is 5.91 Å². The lowest BCUT2D eigenvalue weighted by Crippen LogP contribution is -2.48. The van der Waals surface area contributed by atoms with E-state index in [1.807, 2.05) is 4.72 Å². The molecule has 0 bridgehead atoms. The molecule has 2 atom stereocenters. The fraction of sp³-hybridized carbons (Fsp3) is 0.318. The van der Waals surface area contributed by atoms with Gasteiger partial charge in [0.15, 0.2) is 6.61 Å². The number of anilines is 1. The Kier molecular flexibility index (Phi) is 9.24. The maximum atomic E-state index is 13.0. The lowest BCUT2D eigenvalue weighted by Gasteiger charge is -2.20. The van der Waals surface area contributed by atoms with Crippen LogP contribution in [0, 0.1) is 5.82 Å². The molecule has 0 saturated heterocycles. The van der Waals surface area contributed by atoms with Gasteiger partial charge in [0.1, 0.15) is 11.9 Å². The Bertz CT molecular complexity index is 1120. The third kappa shape index (κ3) is 7.90. The molecule has 10 nitrogen and oxygen atoms in total. The monoisotopic (exact) mass is 496 g/mol. The molecule has 0 heterocycles. The molecule has 0 aliphatic rings. The summed E-state index contributed by atoms with van der Waals surface area (Å²) in [6, 6.07) is 7.90. The van der Waals surface area contributed by atoms with E-state index in [2.05, 4.69) is 5.32 Å². The minimum absolute atomic E-state index is 0.284. The van der Waals surface area contributed by atoms with Crippen LogP contribution < -0.4 is 10.0 Å². The Hall–Kier alpha value is -3.35. The minimum Gasteiger partial charge on any atom is -0.459 e. The van der Waals surface area contributed by atoms with Gasteiger partial charge in [0, 0.05) is 5.69 Å². The lowest BCUT2D eigenvalue weighted by molar-refractivity contribution is -0.151. The lowest BCUT2D eigenvalue weighted by atomic mass is 10.2. The molecule has 1 amide bonds. The Labute approximate surface area is 196 Å². The number of hydrogen-bond donors (Lipinski definition) is 3. The number of ether oxygens (including phenoxy) is 2. The van der Waals surface area contributed by atoms with Gasteiger partial charge in [-0.15, -0.1) is 0 Å². The highest BCUT2D eigenvalue weighted by atomic mass is 32.2. The summed E-state index contributed by atoms with van der Waals surface area (Å²) >= 11 is 0. The van der Waals surface area contributed by atoms with Gasteiger partial charge in [-0.2, -0.15) is 4.72 Å². The third-order valence-electron chi connectivity index (χ3n) is 4.24. The first-order valence-electron chi connectivity index (χ1n) is 10.1. The van der Waals surface area contributed by atoms with Crippen LogP contribution in [0.2, 0.25) is 0 Å². The zero-order chi connectivity index (χ0) is 25.5. The van der Waals surface area contributed by atoms with Gasteiger partial charge >= 0.3 is 11.9 Å². The molecule has 0 aliphatic heterocycles. The Morgan fingerprint density at radius 2 is 1.59 bits per heavy atom. The highest BCUT2D eigenvalue weighted by molar-refractivity contribution is 7.89. The van der Waals surface area contributed by atoms with Crippen molar-refractivity contribution < 1.29 is 41.8 Å². The molecule has 2 aromatic carbocycles. The standard InChI is InChI=1S/C22H25FN2O8S/c1-13(2)33-21(28)15-4-8-17(9-5-15)24-19(27)12-32-22(29)20(14(3)26)25-34(30,31)18-10-6-16(23)7-11-18/h4-11,13-14,20,25-26H,12H2,1-3H3,(H,24,27). The molecule has 12 heteroatoms. The van der Waals surface area contributed by atoms with Gasteiger partial charge in [0.05, 0.1) is 22.7 Å². The zero-order valence-corrected chi connectivity index (χ0v) is 19.5. The number of sulfonamides is 1. The summed E-state index contributed by atoms with van der Waals surface area (Å²) in [6.45, 7) is 3.82. The molecule has 0 spiro atoms. The van der Waals surface area contributed by atoms with Crippen LogP contribution >= 0.6 is 0 Å². The first-order valence-corrected chi connectivity index (χ1v) is 11.6. The smallest absolute Gasteiger partial charge is 0.338 e. The van der Waals surface area contributed by atoms with Crippen LogP contribution in [0.5, 0.6) is 0 Å². The van der Waals surface area contributed by atoms with E-state index >= 15 is 0 Å². The van der Waals surface area contributed by atoms with Crippen LogP contribution in [0.4, 0.5) is 10.1 Å². The van der Waals surface area contributed by atoms with E-state index in [9.17, 15) is 32.3 Å². The predicted molar refractivity (Wildman–Crippen MR) is 119 cm³/mol. The molecule has 3 N–H and O–H groups in total. The van der Waals surface area contributed by atoms with Crippen molar-refractivity contribution in [2.75, 3.05) is 11.9 Å². The van der Waals surface area contributed by atoms with Crippen LogP contribution in [0.3, 0.4) is 0 Å². The van der Waals surface area contributed by atoms with Gasteiger partial charge in [0.2, 0.25) is 10.0 Å². The molecule has 0 fully saturated rings. The first kappa shape index (κ1) is 26.9. The van der Waals surface area contributed by atoms with Crippen LogP contribution in [0.1, 0.15) is 31.1 Å². The van der Waals surface area contributed by atoms with Crippen molar-refractivity contribution in [2.45, 2.75) is 43.9 Å². The number of aliphatic hydroxyl groups is 1. The summed E-state index contributed by atoms with van der Waals surface area (Å²) in [4.78, 5) is 35.9. The molecule has 184 valence electrons. The van der Waals surface area contributed by atoms with Crippen molar-refractivity contribution in [3.05, 3.63) is 59.9 Å².